The second-order valence-corrected chi connectivity index (χ2v) is 9.28. The van der Waals surface area contributed by atoms with Crippen LogP contribution in [0.5, 0.6) is 0 Å². The molecule has 4 nitrogen and oxygen atoms in total. The molecule has 3 fully saturated rings. The molecular weight excluding hydrogens is 280 g/mol. The molecule has 110 valence electrons. The molecule has 19 heavy (non-hydrogen) atoms. The lowest BCUT2D eigenvalue weighted by Crippen LogP contribution is -2.44. The smallest absolute Gasteiger partial charge is 0.214 e. The van der Waals surface area contributed by atoms with Crippen LogP contribution in [-0.4, -0.2) is 55.7 Å². The van der Waals surface area contributed by atoms with Gasteiger partial charge in [0.05, 0.1) is 5.25 Å². The molecular formula is C13H24N2O2S2. The number of nitrogens with one attached hydrogen (secondary N) is 1. The van der Waals surface area contributed by atoms with Crippen LogP contribution in [-0.2, 0) is 10.0 Å². The van der Waals surface area contributed by atoms with Gasteiger partial charge in [0.15, 0.2) is 0 Å². The van der Waals surface area contributed by atoms with E-state index in [-0.39, 0.29) is 5.25 Å². The fourth-order valence-corrected chi connectivity index (χ4v) is 5.78. The van der Waals surface area contributed by atoms with Crippen molar-refractivity contribution in [2.24, 2.45) is 5.92 Å². The molecule has 0 aromatic heterocycles. The number of hydrogen-bond donors (Lipinski definition) is 1. The molecule has 6 heteroatoms. The Bertz CT molecular complexity index is 395. The first-order valence-electron chi connectivity index (χ1n) is 7.45. The number of hydrogen-bond acceptors (Lipinski definition) is 4. The maximum absolute atomic E-state index is 11.8. The summed E-state index contributed by atoms with van der Waals surface area (Å²) < 4.78 is 26.4. The summed E-state index contributed by atoms with van der Waals surface area (Å²) in [4.78, 5) is 2.62. The van der Waals surface area contributed by atoms with Crippen LogP contribution in [0.1, 0.15) is 32.1 Å². The van der Waals surface area contributed by atoms with Crippen LogP contribution in [0.15, 0.2) is 0 Å². The zero-order valence-corrected chi connectivity index (χ0v) is 13.0. The molecule has 2 saturated heterocycles. The minimum atomic E-state index is -2.98. The van der Waals surface area contributed by atoms with Crippen molar-refractivity contribution in [3.05, 3.63) is 0 Å². The van der Waals surface area contributed by atoms with E-state index in [0.29, 0.717) is 12.5 Å². The van der Waals surface area contributed by atoms with E-state index >= 15 is 0 Å². The second kappa shape index (κ2) is 5.92. The molecule has 0 radical (unpaired) electrons. The molecule has 1 unspecified atom stereocenters. The highest BCUT2D eigenvalue weighted by Crippen LogP contribution is 2.29. The number of piperidine rings is 1. The van der Waals surface area contributed by atoms with Crippen LogP contribution >= 0.6 is 11.8 Å². The van der Waals surface area contributed by atoms with Crippen LogP contribution in [0.25, 0.3) is 0 Å². The number of sulfonamides is 1. The average Bonchev–Trinajstić information content (AvgIpc) is 3.15. The van der Waals surface area contributed by atoms with Crippen molar-refractivity contribution in [1.82, 2.24) is 9.62 Å². The molecule has 2 aliphatic heterocycles. The average molecular weight is 304 g/mol. The third-order valence-corrected chi connectivity index (χ3v) is 7.67. The van der Waals surface area contributed by atoms with E-state index in [1.807, 2.05) is 0 Å². The predicted octanol–water partition coefficient (Wildman–Crippen LogP) is 1.29. The van der Waals surface area contributed by atoms with Crippen molar-refractivity contribution in [2.75, 3.05) is 31.1 Å². The second-order valence-electron chi connectivity index (χ2n) is 6.09. The van der Waals surface area contributed by atoms with Crippen LogP contribution in [0.3, 0.4) is 0 Å². The lowest BCUT2D eigenvalue weighted by molar-refractivity contribution is 0.145. The molecule has 1 saturated carbocycles. The van der Waals surface area contributed by atoms with Gasteiger partial charge < -0.3 is 0 Å². The molecule has 0 bridgehead atoms. The van der Waals surface area contributed by atoms with Crippen LogP contribution < -0.4 is 4.72 Å². The van der Waals surface area contributed by atoms with E-state index in [1.54, 1.807) is 0 Å². The van der Waals surface area contributed by atoms with E-state index < -0.39 is 10.0 Å². The van der Waals surface area contributed by atoms with E-state index in [2.05, 4.69) is 21.4 Å². The maximum Gasteiger partial charge on any atom is 0.214 e. The molecule has 0 amide bonds. The molecule has 1 N–H and O–H groups in total. The Morgan fingerprint density at radius 2 is 1.84 bits per heavy atom. The zero-order valence-electron chi connectivity index (χ0n) is 11.4. The highest BCUT2D eigenvalue weighted by molar-refractivity contribution is 7.99. The maximum atomic E-state index is 11.8. The SMILES string of the molecule is O=S(=O)(NCC1CCN(C2CCSC2)CC1)C1CC1. The van der Waals surface area contributed by atoms with Gasteiger partial charge in [0.1, 0.15) is 0 Å². The minimum Gasteiger partial charge on any atom is -0.300 e. The normalized spacial score (nSPS) is 30.8. The Labute approximate surface area is 120 Å². The topological polar surface area (TPSA) is 49.4 Å². The highest BCUT2D eigenvalue weighted by atomic mass is 32.2. The Morgan fingerprint density at radius 1 is 1.11 bits per heavy atom. The van der Waals surface area contributed by atoms with Crippen molar-refractivity contribution in [2.45, 2.75) is 43.4 Å². The highest BCUT2D eigenvalue weighted by Gasteiger charge is 2.36. The van der Waals surface area contributed by atoms with Gasteiger partial charge in [-0.05, 0) is 56.9 Å². The van der Waals surface area contributed by atoms with Crippen LogP contribution in [0.2, 0.25) is 0 Å². The Kier molecular flexibility index (Phi) is 4.41. The largest absolute Gasteiger partial charge is 0.300 e. The Hall–Kier alpha value is 0.220. The third kappa shape index (κ3) is 3.65. The van der Waals surface area contributed by atoms with Gasteiger partial charge in [0.25, 0.3) is 0 Å². The third-order valence-electron chi connectivity index (χ3n) is 4.61. The van der Waals surface area contributed by atoms with Gasteiger partial charge in [-0.2, -0.15) is 11.8 Å². The zero-order chi connectivity index (χ0) is 13.3. The van der Waals surface area contributed by atoms with Crippen molar-refractivity contribution < 1.29 is 8.42 Å². The Balaban J connectivity index is 1.40. The lowest BCUT2D eigenvalue weighted by Gasteiger charge is -2.35. The number of nitrogens with zero attached hydrogens (tertiary/aromatic N) is 1. The van der Waals surface area contributed by atoms with Gasteiger partial charge in [-0.1, -0.05) is 0 Å². The van der Waals surface area contributed by atoms with E-state index in [0.717, 1.165) is 44.8 Å². The fraction of sp³-hybridized carbons (Fsp3) is 1.00. The van der Waals surface area contributed by atoms with Gasteiger partial charge in [0.2, 0.25) is 10.0 Å². The van der Waals surface area contributed by atoms with Crippen molar-refractivity contribution >= 4 is 21.8 Å². The summed E-state index contributed by atoms with van der Waals surface area (Å²) >= 11 is 2.07. The van der Waals surface area contributed by atoms with Gasteiger partial charge in [-0.15, -0.1) is 0 Å². The number of likely N-dealkylation sites (tertiary alicyclic amines) is 1. The van der Waals surface area contributed by atoms with Gasteiger partial charge in [-0.25, -0.2) is 13.1 Å². The molecule has 0 spiro atoms. The van der Waals surface area contributed by atoms with Gasteiger partial charge >= 0.3 is 0 Å². The van der Waals surface area contributed by atoms with Crippen molar-refractivity contribution in [1.29, 1.82) is 0 Å². The van der Waals surface area contributed by atoms with Crippen LogP contribution in [0, 0.1) is 5.92 Å². The molecule has 3 aliphatic rings. The van der Waals surface area contributed by atoms with Gasteiger partial charge in [-0.3, -0.25) is 4.90 Å². The summed E-state index contributed by atoms with van der Waals surface area (Å²) in [5.74, 6) is 3.14. The first kappa shape index (κ1) is 14.2. The van der Waals surface area contributed by atoms with Crippen LogP contribution in [0.4, 0.5) is 0 Å². The molecule has 1 atom stereocenters. The lowest BCUT2D eigenvalue weighted by atomic mass is 9.96. The molecule has 3 rings (SSSR count). The molecule has 0 aromatic rings. The standard InChI is InChI=1S/C13H24N2O2S2/c16-19(17,13-1-2-13)14-9-11-3-6-15(7-4-11)12-5-8-18-10-12/h11-14H,1-10H2. The fourth-order valence-electron chi connectivity index (χ4n) is 3.06. The minimum absolute atomic E-state index is 0.0805. The summed E-state index contributed by atoms with van der Waals surface area (Å²) in [6, 6.07) is 0.786. The van der Waals surface area contributed by atoms with Gasteiger partial charge in [0, 0.05) is 18.3 Å². The summed E-state index contributed by atoms with van der Waals surface area (Å²) in [5, 5.41) is -0.0805. The summed E-state index contributed by atoms with van der Waals surface area (Å²) in [6.45, 7) is 2.97. The van der Waals surface area contributed by atoms with E-state index in [4.69, 9.17) is 0 Å². The van der Waals surface area contributed by atoms with E-state index in [9.17, 15) is 8.42 Å². The molecule has 0 aromatic carbocycles. The first-order valence-corrected chi connectivity index (χ1v) is 10.2. The molecule has 1 aliphatic carbocycles. The summed E-state index contributed by atoms with van der Waals surface area (Å²) in [6.07, 6.45) is 5.34. The van der Waals surface area contributed by atoms with E-state index in [1.165, 1.54) is 17.9 Å². The number of rotatable bonds is 5. The first-order chi connectivity index (χ1) is 9.15. The predicted molar refractivity (Wildman–Crippen MR) is 80.0 cm³/mol. The summed E-state index contributed by atoms with van der Waals surface area (Å²) in [5.41, 5.74) is 0. The van der Waals surface area contributed by atoms with Crippen molar-refractivity contribution in [3.8, 4) is 0 Å². The Morgan fingerprint density at radius 3 is 2.42 bits per heavy atom. The molecule has 2 heterocycles. The summed E-state index contributed by atoms with van der Waals surface area (Å²) in [7, 11) is -2.98. The quantitative estimate of drug-likeness (QED) is 0.831. The number of thioether (sulfide) groups is 1. The monoisotopic (exact) mass is 304 g/mol. The van der Waals surface area contributed by atoms with Crippen molar-refractivity contribution in [3.63, 3.8) is 0 Å².